The molecule has 0 radical (unpaired) electrons. The van der Waals surface area contributed by atoms with E-state index in [2.05, 4.69) is 11.4 Å². The Morgan fingerprint density at radius 3 is 2.67 bits per heavy atom. The van der Waals surface area contributed by atoms with Crippen LogP contribution in [0.3, 0.4) is 0 Å². The highest BCUT2D eigenvalue weighted by Crippen LogP contribution is 2.26. The lowest BCUT2D eigenvalue weighted by atomic mass is 10.1. The number of halogens is 1. The molecule has 21 heavy (non-hydrogen) atoms. The van der Waals surface area contributed by atoms with Gasteiger partial charge >= 0.3 is 0 Å². The average Bonchev–Trinajstić information content (AvgIpc) is 2.92. The standard InChI is InChI=1S/C17H17ClN2O/c1-20(11-12-6-8-14(18)9-7-12)17(21)16-10-13-4-2-3-5-15(13)19-16/h2-9,16,19H,10-11H2,1H3. The van der Waals surface area contributed by atoms with E-state index in [1.165, 1.54) is 5.56 Å². The van der Waals surface area contributed by atoms with Crippen LogP contribution in [0.1, 0.15) is 11.1 Å². The van der Waals surface area contributed by atoms with Crippen LogP contribution in [-0.4, -0.2) is 23.9 Å². The van der Waals surface area contributed by atoms with Crippen molar-refractivity contribution in [3.05, 3.63) is 64.7 Å². The number of anilines is 1. The number of hydrogen-bond acceptors (Lipinski definition) is 2. The number of fused-ring (bicyclic) bond motifs is 1. The number of amides is 1. The molecular weight excluding hydrogens is 284 g/mol. The SMILES string of the molecule is CN(Cc1ccc(Cl)cc1)C(=O)C1Cc2ccccc2N1. The molecule has 2 aromatic rings. The van der Waals surface area contributed by atoms with E-state index in [0.717, 1.165) is 17.7 Å². The summed E-state index contributed by atoms with van der Waals surface area (Å²) in [5, 5.41) is 4.01. The van der Waals surface area contributed by atoms with Gasteiger partial charge in [0, 0.05) is 30.7 Å². The molecule has 0 spiro atoms. The third-order valence-corrected chi connectivity index (χ3v) is 4.03. The van der Waals surface area contributed by atoms with Crippen molar-refractivity contribution in [2.24, 2.45) is 0 Å². The van der Waals surface area contributed by atoms with Gasteiger partial charge in [-0.25, -0.2) is 0 Å². The number of carbonyl (C=O) groups excluding carboxylic acids is 1. The fourth-order valence-corrected chi connectivity index (χ4v) is 2.78. The molecule has 1 heterocycles. The van der Waals surface area contributed by atoms with Crippen LogP contribution in [0.15, 0.2) is 48.5 Å². The highest BCUT2D eigenvalue weighted by Gasteiger charge is 2.28. The molecule has 4 heteroatoms. The molecule has 3 rings (SSSR count). The Kier molecular flexibility index (Phi) is 3.84. The predicted octanol–water partition coefficient (Wildman–Crippen LogP) is 3.34. The fraction of sp³-hybridized carbons (Fsp3) is 0.235. The third-order valence-electron chi connectivity index (χ3n) is 3.78. The summed E-state index contributed by atoms with van der Waals surface area (Å²) in [5.74, 6) is 0.112. The van der Waals surface area contributed by atoms with Crippen LogP contribution in [0.2, 0.25) is 5.02 Å². The van der Waals surface area contributed by atoms with E-state index in [4.69, 9.17) is 11.6 Å². The van der Waals surface area contributed by atoms with E-state index in [1.54, 1.807) is 4.90 Å². The van der Waals surface area contributed by atoms with Gasteiger partial charge in [-0.05, 0) is 29.3 Å². The van der Waals surface area contributed by atoms with Crippen molar-refractivity contribution >= 4 is 23.2 Å². The van der Waals surface area contributed by atoms with Crippen molar-refractivity contribution < 1.29 is 4.79 Å². The van der Waals surface area contributed by atoms with Crippen LogP contribution in [0, 0.1) is 0 Å². The van der Waals surface area contributed by atoms with Crippen molar-refractivity contribution in [2.75, 3.05) is 12.4 Å². The number of nitrogens with one attached hydrogen (secondary N) is 1. The minimum atomic E-state index is -0.167. The van der Waals surface area contributed by atoms with E-state index in [0.29, 0.717) is 11.6 Å². The summed E-state index contributed by atoms with van der Waals surface area (Å²) < 4.78 is 0. The maximum Gasteiger partial charge on any atom is 0.245 e. The number of rotatable bonds is 3. The van der Waals surface area contributed by atoms with Gasteiger partial charge in [-0.3, -0.25) is 4.79 Å². The van der Waals surface area contributed by atoms with Gasteiger partial charge < -0.3 is 10.2 Å². The Hall–Kier alpha value is -2.00. The topological polar surface area (TPSA) is 32.3 Å². The number of hydrogen-bond donors (Lipinski definition) is 1. The predicted molar refractivity (Wildman–Crippen MR) is 85.5 cm³/mol. The summed E-state index contributed by atoms with van der Waals surface area (Å²) in [6.45, 7) is 0.588. The molecule has 0 fully saturated rings. The first kappa shape index (κ1) is 14.0. The molecule has 1 aliphatic rings. The summed E-state index contributed by atoms with van der Waals surface area (Å²) in [6.07, 6.45) is 0.750. The minimum Gasteiger partial charge on any atom is -0.373 e. The summed E-state index contributed by atoms with van der Waals surface area (Å²) >= 11 is 5.88. The third kappa shape index (κ3) is 3.03. The van der Waals surface area contributed by atoms with E-state index in [-0.39, 0.29) is 11.9 Å². The zero-order chi connectivity index (χ0) is 14.8. The molecule has 1 unspecified atom stereocenters. The van der Waals surface area contributed by atoms with E-state index < -0.39 is 0 Å². The average molecular weight is 301 g/mol. The first-order chi connectivity index (χ1) is 10.1. The lowest BCUT2D eigenvalue weighted by Crippen LogP contribution is -2.39. The number of benzene rings is 2. The molecule has 1 amide bonds. The summed E-state index contributed by atoms with van der Waals surface area (Å²) in [5.41, 5.74) is 3.34. The van der Waals surface area contributed by atoms with Crippen molar-refractivity contribution in [3.63, 3.8) is 0 Å². The fourth-order valence-electron chi connectivity index (χ4n) is 2.65. The van der Waals surface area contributed by atoms with Gasteiger partial charge in [0.25, 0.3) is 0 Å². The summed E-state index contributed by atoms with van der Waals surface area (Å²) in [4.78, 5) is 14.3. The van der Waals surface area contributed by atoms with E-state index in [9.17, 15) is 4.79 Å². The van der Waals surface area contributed by atoms with Crippen molar-refractivity contribution in [3.8, 4) is 0 Å². The van der Waals surface area contributed by atoms with Gasteiger partial charge in [-0.1, -0.05) is 41.9 Å². The monoisotopic (exact) mass is 300 g/mol. The van der Waals surface area contributed by atoms with Crippen molar-refractivity contribution in [1.29, 1.82) is 0 Å². The number of carbonyl (C=O) groups is 1. The summed E-state index contributed by atoms with van der Waals surface area (Å²) in [7, 11) is 1.83. The number of nitrogens with zero attached hydrogens (tertiary/aromatic N) is 1. The maximum absolute atomic E-state index is 12.5. The van der Waals surface area contributed by atoms with Crippen molar-refractivity contribution in [2.45, 2.75) is 19.0 Å². The molecule has 0 aliphatic carbocycles. The first-order valence-corrected chi connectivity index (χ1v) is 7.35. The summed E-state index contributed by atoms with van der Waals surface area (Å²) in [6, 6.07) is 15.5. The quantitative estimate of drug-likeness (QED) is 0.943. The van der Waals surface area contributed by atoms with Gasteiger partial charge in [0.15, 0.2) is 0 Å². The normalized spacial score (nSPS) is 16.2. The second kappa shape index (κ2) is 5.78. The number of likely N-dealkylation sites (N-methyl/N-ethyl adjacent to an activating group) is 1. The molecular formula is C17H17ClN2O. The second-order valence-corrected chi connectivity index (χ2v) is 5.82. The van der Waals surface area contributed by atoms with Gasteiger partial charge in [0.2, 0.25) is 5.91 Å². The van der Waals surface area contributed by atoms with Gasteiger partial charge in [0.05, 0.1) is 0 Å². The Morgan fingerprint density at radius 2 is 1.95 bits per heavy atom. The van der Waals surface area contributed by atoms with Crippen LogP contribution < -0.4 is 5.32 Å². The molecule has 0 aromatic heterocycles. The van der Waals surface area contributed by atoms with Gasteiger partial charge in [-0.15, -0.1) is 0 Å². The van der Waals surface area contributed by atoms with Crippen molar-refractivity contribution in [1.82, 2.24) is 4.90 Å². The molecule has 3 nitrogen and oxygen atoms in total. The molecule has 0 saturated heterocycles. The highest BCUT2D eigenvalue weighted by molar-refractivity contribution is 6.30. The number of para-hydroxylation sites is 1. The molecule has 0 bridgehead atoms. The van der Waals surface area contributed by atoms with Crippen LogP contribution >= 0.6 is 11.6 Å². The van der Waals surface area contributed by atoms with Crippen LogP contribution in [-0.2, 0) is 17.8 Å². The Balaban J connectivity index is 1.65. The molecule has 0 saturated carbocycles. The Labute approximate surface area is 129 Å². The minimum absolute atomic E-state index is 0.112. The highest BCUT2D eigenvalue weighted by atomic mass is 35.5. The molecule has 2 aromatic carbocycles. The second-order valence-electron chi connectivity index (χ2n) is 5.38. The lowest BCUT2D eigenvalue weighted by Gasteiger charge is -2.21. The molecule has 1 atom stereocenters. The largest absolute Gasteiger partial charge is 0.373 e. The maximum atomic E-state index is 12.5. The zero-order valence-electron chi connectivity index (χ0n) is 11.8. The Morgan fingerprint density at radius 1 is 1.24 bits per heavy atom. The Bertz CT molecular complexity index is 629. The zero-order valence-corrected chi connectivity index (χ0v) is 12.6. The van der Waals surface area contributed by atoms with Crippen LogP contribution in [0.25, 0.3) is 0 Å². The van der Waals surface area contributed by atoms with Crippen LogP contribution in [0.4, 0.5) is 5.69 Å². The van der Waals surface area contributed by atoms with Gasteiger partial charge in [-0.2, -0.15) is 0 Å². The van der Waals surface area contributed by atoms with Gasteiger partial charge in [0.1, 0.15) is 6.04 Å². The first-order valence-electron chi connectivity index (χ1n) is 6.97. The van der Waals surface area contributed by atoms with E-state index in [1.807, 2.05) is 49.5 Å². The molecule has 1 N–H and O–H groups in total. The molecule has 1 aliphatic heterocycles. The lowest BCUT2D eigenvalue weighted by molar-refractivity contribution is -0.131. The molecule has 108 valence electrons. The van der Waals surface area contributed by atoms with Crippen LogP contribution in [0.5, 0.6) is 0 Å². The van der Waals surface area contributed by atoms with E-state index >= 15 is 0 Å². The smallest absolute Gasteiger partial charge is 0.245 e.